The van der Waals surface area contributed by atoms with Gasteiger partial charge in [0.1, 0.15) is 0 Å². The van der Waals surface area contributed by atoms with Gasteiger partial charge in [-0.25, -0.2) is 4.79 Å². The number of nitrogens with zero attached hydrogens (tertiary/aromatic N) is 2. The van der Waals surface area contributed by atoms with Crippen LogP contribution in [0.1, 0.15) is 6.92 Å². The molecule has 1 atom stereocenters. The maximum absolute atomic E-state index is 11.2. The molecule has 0 spiro atoms. The third-order valence-corrected chi connectivity index (χ3v) is 2.71. The van der Waals surface area contributed by atoms with Gasteiger partial charge in [0.2, 0.25) is 5.91 Å². The van der Waals surface area contributed by atoms with Crippen LogP contribution in [0.15, 0.2) is 0 Å². The molecular formula is C9H18N4O2. The van der Waals surface area contributed by atoms with Crippen LogP contribution in [0.25, 0.3) is 0 Å². The van der Waals surface area contributed by atoms with E-state index in [0.717, 1.165) is 0 Å². The average Bonchev–Trinajstić information content (AvgIpc) is 2.54. The first-order valence-electron chi connectivity index (χ1n) is 5.04. The fourth-order valence-corrected chi connectivity index (χ4v) is 1.34. The van der Waals surface area contributed by atoms with Crippen LogP contribution < -0.4 is 11.1 Å². The predicted molar refractivity (Wildman–Crippen MR) is 56.3 cm³/mol. The first kappa shape index (κ1) is 11.9. The smallest absolute Gasteiger partial charge is 0.324 e. The van der Waals surface area contributed by atoms with Crippen molar-refractivity contribution in [3.63, 3.8) is 0 Å². The number of urea groups is 1. The van der Waals surface area contributed by atoms with E-state index in [-0.39, 0.29) is 24.5 Å². The Morgan fingerprint density at radius 1 is 1.60 bits per heavy atom. The van der Waals surface area contributed by atoms with Gasteiger partial charge in [-0.05, 0) is 14.0 Å². The Balaban J connectivity index is 2.36. The summed E-state index contributed by atoms with van der Waals surface area (Å²) in [5.74, 6) is -0.159. The summed E-state index contributed by atoms with van der Waals surface area (Å²) < 4.78 is 0. The zero-order valence-corrected chi connectivity index (χ0v) is 9.19. The van der Waals surface area contributed by atoms with E-state index in [1.165, 1.54) is 4.90 Å². The maximum Gasteiger partial charge on any atom is 0.324 e. The second-order valence-electron chi connectivity index (χ2n) is 3.77. The van der Waals surface area contributed by atoms with E-state index in [1.54, 1.807) is 0 Å². The fraction of sp³-hybridized carbons (Fsp3) is 0.778. The largest absolute Gasteiger partial charge is 0.329 e. The number of hydrogen-bond donors (Lipinski definition) is 2. The van der Waals surface area contributed by atoms with Crippen LogP contribution in [0.4, 0.5) is 4.79 Å². The van der Waals surface area contributed by atoms with Gasteiger partial charge in [-0.3, -0.25) is 9.69 Å². The SMILES string of the molecule is CC(CN)N(C)CCN1C(=O)CNC1=O. The molecule has 6 nitrogen and oxygen atoms in total. The number of likely N-dealkylation sites (N-methyl/N-ethyl adjacent to an activating group) is 1. The van der Waals surface area contributed by atoms with Gasteiger partial charge in [0.05, 0.1) is 6.54 Å². The lowest BCUT2D eigenvalue weighted by Crippen LogP contribution is -2.42. The number of imide groups is 1. The molecule has 1 unspecified atom stereocenters. The van der Waals surface area contributed by atoms with Gasteiger partial charge >= 0.3 is 6.03 Å². The maximum atomic E-state index is 11.2. The molecule has 1 aliphatic rings. The van der Waals surface area contributed by atoms with E-state index in [0.29, 0.717) is 19.6 Å². The Bertz CT molecular complexity index is 240. The van der Waals surface area contributed by atoms with Crippen molar-refractivity contribution in [3.8, 4) is 0 Å². The Morgan fingerprint density at radius 3 is 2.73 bits per heavy atom. The predicted octanol–water partition coefficient (Wildman–Crippen LogP) is -1.18. The van der Waals surface area contributed by atoms with Crippen molar-refractivity contribution in [2.24, 2.45) is 5.73 Å². The van der Waals surface area contributed by atoms with Gasteiger partial charge in [0, 0.05) is 25.7 Å². The van der Waals surface area contributed by atoms with Crippen molar-refractivity contribution in [2.75, 3.05) is 33.2 Å². The molecule has 86 valence electrons. The van der Waals surface area contributed by atoms with E-state index in [4.69, 9.17) is 5.73 Å². The normalized spacial score (nSPS) is 18.5. The molecule has 3 N–H and O–H groups in total. The number of nitrogens with two attached hydrogens (primary N) is 1. The summed E-state index contributed by atoms with van der Waals surface area (Å²) in [7, 11) is 1.93. The first-order chi connectivity index (χ1) is 7.06. The molecule has 6 heteroatoms. The number of amides is 3. The van der Waals surface area contributed by atoms with Gasteiger partial charge in [-0.15, -0.1) is 0 Å². The molecule has 1 saturated heterocycles. The summed E-state index contributed by atoms with van der Waals surface area (Å²) in [6.07, 6.45) is 0. The molecule has 0 bridgehead atoms. The lowest BCUT2D eigenvalue weighted by molar-refractivity contribution is -0.125. The summed E-state index contributed by atoms with van der Waals surface area (Å²) in [5, 5.41) is 2.48. The van der Waals surface area contributed by atoms with Crippen molar-refractivity contribution in [3.05, 3.63) is 0 Å². The Labute approximate surface area is 89.4 Å². The highest BCUT2D eigenvalue weighted by Crippen LogP contribution is 2.00. The van der Waals surface area contributed by atoms with E-state index in [1.807, 2.05) is 18.9 Å². The molecule has 0 aliphatic carbocycles. The minimum atomic E-state index is -0.297. The lowest BCUT2D eigenvalue weighted by atomic mass is 10.3. The number of rotatable bonds is 5. The van der Waals surface area contributed by atoms with Gasteiger partial charge in [-0.2, -0.15) is 0 Å². The average molecular weight is 214 g/mol. The van der Waals surface area contributed by atoms with Crippen molar-refractivity contribution in [1.82, 2.24) is 15.1 Å². The number of hydrogen-bond acceptors (Lipinski definition) is 4. The topological polar surface area (TPSA) is 78.7 Å². The highest BCUT2D eigenvalue weighted by atomic mass is 16.2. The summed E-state index contributed by atoms with van der Waals surface area (Å²) in [6, 6.07) is -0.0421. The highest BCUT2D eigenvalue weighted by molar-refractivity contribution is 6.01. The monoisotopic (exact) mass is 214 g/mol. The Kier molecular flexibility index (Phi) is 4.05. The minimum absolute atomic E-state index is 0.120. The molecule has 1 heterocycles. The van der Waals surface area contributed by atoms with Crippen LogP contribution in [0.5, 0.6) is 0 Å². The number of carbonyl (C=O) groups is 2. The second-order valence-corrected chi connectivity index (χ2v) is 3.77. The molecule has 0 saturated carbocycles. The second kappa shape index (κ2) is 5.09. The Hall–Kier alpha value is -1.14. The van der Waals surface area contributed by atoms with Crippen molar-refractivity contribution in [1.29, 1.82) is 0 Å². The van der Waals surface area contributed by atoms with Crippen LogP contribution >= 0.6 is 0 Å². The highest BCUT2D eigenvalue weighted by Gasteiger charge is 2.28. The Morgan fingerprint density at radius 2 is 2.27 bits per heavy atom. The van der Waals surface area contributed by atoms with E-state index in [9.17, 15) is 9.59 Å². The van der Waals surface area contributed by atoms with Crippen molar-refractivity contribution in [2.45, 2.75) is 13.0 Å². The van der Waals surface area contributed by atoms with Crippen LogP contribution in [-0.2, 0) is 4.79 Å². The number of carbonyl (C=O) groups excluding carboxylic acids is 2. The number of nitrogens with one attached hydrogen (secondary N) is 1. The van der Waals surface area contributed by atoms with Crippen molar-refractivity contribution >= 4 is 11.9 Å². The van der Waals surface area contributed by atoms with Gasteiger partial charge in [-0.1, -0.05) is 0 Å². The zero-order chi connectivity index (χ0) is 11.4. The van der Waals surface area contributed by atoms with E-state index in [2.05, 4.69) is 5.32 Å². The molecule has 1 aliphatic heterocycles. The van der Waals surface area contributed by atoms with Crippen LogP contribution in [0.3, 0.4) is 0 Å². The third-order valence-electron chi connectivity index (χ3n) is 2.71. The minimum Gasteiger partial charge on any atom is -0.329 e. The zero-order valence-electron chi connectivity index (χ0n) is 9.19. The lowest BCUT2D eigenvalue weighted by Gasteiger charge is -2.24. The summed E-state index contributed by atoms with van der Waals surface area (Å²) in [6.45, 7) is 3.76. The van der Waals surface area contributed by atoms with Gasteiger partial charge in [0.25, 0.3) is 0 Å². The molecule has 3 amide bonds. The van der Waals surface area contributed by atoms with E-state index < -0.39 is 0 Å². The fourth-order valence-electron chi connectivity index (χ4n) is 1.34. The molecule has 0 radical (unpaired) electrons. The third kappa shape index (κ3) is 2.90. The van der Waals surface area contributed by atoms with E-state index >= 15 is 0 Å². The summed E-state index contributed by atoms with van der Waals surface area (Å²) in [4.78, 5) is 25.7. The van der Waals surface area contributed by atoms with Gasteiger partial charge < -0.3 is 16.0 Å². The molecule has 0 aromatic heterocycles. The van der Waals surface area contributed by atoms with Crippen LogP contribution in [-0.4, -0.2) is 61.0 Å². The molecule has 0 aromatic carbocycles. The molecular weight excluding hydrogens is 196 g/mol. The van der Waals surface area contributed by atoms with Crippen LogP contribution in [0, 0.1) is 0 Å². The summed E-state index contributed by atoms with van der Waals surface area (Å²) in [5.41, 5.74) is 5.51. The quantitative estimate of drug-likeness (QED) is 0.564. The first-order valence-corrected chi connectivity index (χ1v) is 5.04. The standard InChI is InChI=1S/C9H18N4O2/c1-7(5-10)12(2)3-4-13-8(14)6-11-9(13)15/h7H,3-6,10H2,1-2H3,(H,11,15). The summed E-state index contributed by atoms with van der Waals surface area (Å²) >= 11 is 0. The molecule has 1 fully saturated rings. The molecule has 15 heavy (non-hydrogen) atoms. The van der Waals surface area contributed by atoms with Crippen molar-refractivity contribution < 1.29 is 9.59 Å². The van der Waals surface area contributed by atoms with Gasteiger partial charge in [0.15, 0.2) is 0 Å². The molecule has 0 aromatic rings. The molecule has 1 rings (SSSR count). The van der Waals surface area contributed by atoms with Crippen LogP contribution in [0.2, 0.25) is 0 Å².